The molecule has 5 heteroatoms. The van der Waals surface area contributed by atoms with Crippen molar-refractivity contribution in [3.05, 3.63) is 40.6 Å². The second-order valence-electron chi connectivity index (χ2n) is 4.62. The summed E-state index contributed by atoms with van der Waals surface area (Å²) in [6.07, 6.45) is 0. The molecule has 1 aromatic heterocycles. The van der Waals surface area contributed by atoms with Gasteiger partial charge in [0.2, 0.25) is 0 Å². The van der Waals surface area contributed by atoms with E-state index in [1.165, 1.54) is 22.7 Å². The Morgan fingerprint density at radius 1 is 1.30 bits per heavy atom. The molecule has 0 unspecified atom stereocenters. The summed E-state index contributed by atoms with van der Waals surface area (Å²) >= 11 is 1.27. The van der Waals surface area contributed by atoms with Gasteiger partial charge in [0.1, 0.15) is 10.6 Å². The quantitative estimate of drug-likeness (QED) is 0.865. The molecule has 2 rings (SSSR count). The molecule has 20 heavy (non-hydrogen) atoms. The minimum absolute atomic E-state index is 0.329. The number of nitrogens with one attached hydrogen (secondary N) is 1. The fourth-order valence-corrected chi connectivity index (χ4v) is 2.65. The van der Waals surface area contributed by atoms with E-state index < -0.39 is 0 Å². The molecular formula is C15H18N2O2S. The van der Waals surface area contributed by atoms with Crippen molar-refractivity contribution in [2.24, 2.45) is 0 Å². The van der Waals surface area contributed by atoms with Crippen LogP contribution in [0.1, 0.15) is 34.1 Å². The highest BCUT2D eigenvalue weighted by Gasteiger charge is 2.19. The van der Waals surface area contributed by atoms with Crippen LogP contribution in [0.15, 0.2) is 18.2 Å². The maximum absolute atomic E-state index is 12.0. The normalized spacial score (nSPS) is 10.4. The second kappa shape index (κ2) is 6.05. The zero-order valence-corrected chi connectivity index (χ0v) is 12.9. The number of ether oxygens (including phenoxy) is 1. The van der Waals surface area contributed by atoms with Gasteiger partial charge in [0.25, 0.3) is 0 Å². The Morgan fingerprint density at radius 3 is 2.70 bits per heavy atom. The van der Waals surface area contributed by atoms with Gasteiger partial charge in [0.15, 0.2) is 0 Å². The molecular weight excluding hydrogens is 272 g/mol. The van der Waals surface area contributed by atoms with Crippen LogP contribution in [-0.2, 0) is 4.74 Å². The van der Waals surface area contributed by atoms with Gasteiger partial charge < -0.3 is 10.1 Å². The summed E-state index contributed by atoms with van der Waals surface area (Å²) < 4.78 is 9.31. The minimum atomic E-state index is -0.329. The van der Waals surface area contributed by atoms with Crippen LogP contribution in [0.25, 0.3) is 0 Å². The zero-order chi connectivity index (χ0) is 14.7. The highest BCUT2D eigenvalue weighted by atomic mass is 32.1. The number of aryl methyl sites for hydroxylation is 3. The van der Waals surface area contributed by atoms with Crippen molar-refractivity contribution in [1.82, 2.24) is 4.37 Å². The van der Waals surface area contributed by atoms with Gasteiger partial charge in [-0.25, -0.2) is 4.79 Å². The first-order valence-electron chi connectivity index (χ1n) is 6.50. The van der Waals surface area contributed by atoms with Crippen LogP contribution < -0.4 is 5.32 Å². The summed E-state index contributed by atoms with van der Waals surface area (Å²) in [4.78, 5) is 12.0. The molecule has 0 amide bonds. The van der Waals surface area contributed by atoms with Gasteiger partial charge in [0, 0.05) is 5.69 Å². The van der Waals surface area contributed by atoms with Crippen molar-refractivity contribution >= 4 is 28.2 Å². The molecule has 2 aromatic rings. The first-order valence-corrected chi connectivity index (χ1v) is 7.28. The number of nitrogens with zero attached hydrogens (tertiary/aromatic N) is 1. The molecule has 0 atom stereocenters. The predicted octanol–water partition coefficient (Wildman–Crippen LogP) is 3.99. The highest BCUT2D eigenvalue weighted by molar-refractivity contribution is 7.10. The summed E-state index contributed by atoms with van der Waals surface area (Å²) in [7, 11) is 0. The second-order valence-corrected chi connectivity index (χ2v) is 5.39. The van der Waals surface area contributed by atoms with Crippen LogP contribution in [0, 0.1) is 20.8 Å². The van der Waals surface area contributed by atoms with Crippen LogP contribution in [0.2, 0.25) is 0 Å². The van der Waals surface area contributed by atoms with E-state index in [9.17, 15) is 4.79 Å². The number of carbonyl (C=O) groups excluding carboxylic acids is 1. The van der Waals surface area contributed by atoms with E-state index in [1.54, 1.807) is 6.92 Å². The molecule has 0 spiro atoms. The van der Waals surface area contributed by atoms with Gasteiger partial charge in [-0.3, -0.25) is 0 Å². The summed E-state index contributed by atoms with van der Waals surface area (Å²) in [6, 6.07) is 6.10. The van der Waals surface area contributed by atoms with E-state index >= 15 is 0 Å². The smallest absolute Gasteiger partial charge is 0.343 e. The van der Waals surface area contributed by atoms with Crippen molar-refractivity contribution in [1.29, 1.82) is 0 Å². The SMILES string of the molecule is CCOC(=O)c1c(C)nsc1Nc1ccc(C)c(C)c1. The molecule has 1 N–H and O–H groups in total. The van der Waals surface area contributed by atoms with Crippen molar-refractivity contribution in [2.75, 3.05) is 11.9 Å². The molecule has 0 saturated carbocycles. The molecule has 0 radical (unpaired) electrons. The Morgan fingerprint density at radius 2 is 2.05 bits per heavy atom. The number of anilines is 2. The Kier molecular flexibility index (Phi) is 4.39. The van der Waals surface area contributed by atoms with Crippen LogP contribution >= 0.6 is 11.5 Å². The molecule has 0 bridgehead atoms. The molecule has 0 aliphatic rings. The Bertz CT molecular complexity index is 635. The molecule has 4 nitrogen and oxygen atoms in total. The van der Waals surface area contributed by atoms with Crippen molar-refractivity contribution in [3.8, 4) is 0 Å². The Balaban J connectivity index is 2.29. The number of rotatable bonds is 4. The summed E-state index contributed by atoms with van der Waals surface area (Å²) in [5.74, 6) is -0.329. The number of esters is 1. The third-order valence-corrected chi connectivity index (χ3v) is 3.96. The number of hydrogen-bond donors (Lipinski definition) is 1. The van der Waals surface area contributed by atoms with Crippen molar-refractivity contribution in [2.45, 2.75) is 27.7 Å². The number of aromatic nitrogens is 1. The third-order valence-electron chi connectivity index (χ3n) is 3.11. The summed E-state index contributed by atoms with van der Waals surface area (Å²) in [5, 5.41) is 3.98. The van der Waals surface area contributed by atoms with Gasteiger partial charge in [-0.15, -0.1) is 0 Å². The fourth-order valence-electron chi connectivity index (χ4n) is 1.85. The van der Waals surface area contributed by atoms with E-state index in [4.69, 9.17) is 4.74 Å². The molecule has 1 heterocycles. The van der Waals surface area contributed by atoms with Crippen LogP contribution in [-0.4, -0.2) is 16.9 Å². The van der Waals surface area contributed by atoms with Gasteiger partial charge in [-0.2, -0.15) is 4.37 Å². The molecule has 0 saturated heterocycles. The number of carbonyl (C=O) groups is 1. The monoisotopic (exact) mass is 290 g/mol. The lowest BCUT2D eigenvalue weighted by molar-refractivity contribution is 0.0527. The molecule has 1 aromatic carbocycles. The molecule has 0 aliphatic carbocycles. The predicted molar refractivity (Wildman–Crippen MR) is 82.0 cm³/mol. The minimum Gasteiger partial charge on any atom is -0.462 e. The van der Waals surface area contributed by atoms with Crippen LogP contribution in [0.4, 0.5) is 10.7 Å². The lowest BCUT2D eigenvalue weighted by atomic mass is 10.1. The Hall–Kier alpha value is -1.88. The maximum atomic E-state index is 12.0. The Labute approximate surface area is 123 Å². The van der Waals surface area contributed by atoms with Gasteiger partial charge in [0.05, 0.1) is 12.3 Å². The fraction of sp³-hybridized carbons (Fsp3) is 0.333. The lowest BCUT2D eigenvalue weighted by Gasteiger charge is -2.09. The average molecular weight is 290 g/mol. The number of hydrogen-bond acceptors (Lipinski definition) is 5. The standard InChI is InChI=1S/C15H18N2O2S/c1-5-19-15(18)13-11(4)17-20-14(13)16-12-7-6-9(2)10(3)8-12/h6-8,16H,5H2,1-4H3. The van der Waals surface area contributed by atoms with Crippen LogP contribution in [0.5, 0.6) is 0 Å². The molecule has 106 valence electrons. The van der Waals surface area contributed by atoms with Gasteiger partial charge in [-0.1, -0.05) is 6.07 Å². The first-order chi connectivity index (χ1) is 9.52. The van der Waals surface area contributed by atoms with E-state index in [2.05, 4.69) is 35.7 Å². The van der Waals surface area contributed by atoms with Crippen molar-refractivity contribution in [3.63, 3.8) is 0 Å². The highest BCUT2D eigenvalue weighted by Crippen LogP contribution is 2.29. The van der Waals surface area contributed by atoms with E-state index in [0.717, 1.165) is 10.7 Å². The zero-order valence-electron chi connectivity index (χ0n) is 12.1. The first kappa shape index (κ1) is 14.5. The molecule has 0 fully saturated rings. The van der Waals surface area contributed by atoms with E-state index in [-0.39, 0.29) is 5.97 Å². The summed E-state index contributed by atoms with van der Waals surface area (Å²) in [6.45, 7) is 8.10. The number of benzene rings is 1. The molecule has 0 aliphatic heterocycles. The lowest BCUT2D eigenvalue weighted by Crippen LogP contribution is -2.07. The van der Waals surface area contributed by atoms with Crippen LogP contribution in [0.3, 0.4) is 0 Å². The van der Waals surface area contributed by atoms with E-state index in [0.29, 0.717) is 17.9 Å². The topological polar surface area (TPSA) is 51.2 Å². The maximum Gasteiger partial charge on any atom is 0.343 e. The summed E-state index contributed by atoms with van der Waals surface area (Å²) in [5.41, 5.74) is 4.60. The van der Waals surface area contributed by atoms with Crippen molar-refractivity contribution < 1.29 is 9.53 Å². The third kappa shape index (κ3) is 2.99. The van der Waals surface area contributed by atoms with Gasteiger partial charge in [-0.05, 0) is 62.5 Å². The average Bonchev–Trinajstić information content (AvgIpc) is 2.75. The van der Waals surface area contributed by atoms with Gasteiger partial charge >= 0.3 is 5.97 Å². The van der Waals surface area contributed by atoms with E-state index in [1.807, 2.05) is 13.0 Å². The largest absolute Gasteiger partial charge is 0.462 e.